The Morgan fingerprint density at radius 2 is 2.20 bits per heavy atom. The fourth-order valence-corrected chi connectivity index (χ4v) is 1.87. The topological polar surface area (TPSA) is 48.1 Å². The smallest absolute Gasteiger partial charge is 0.250 e. The molecule has 2 atom stereocenters. The van der Waals surface area contributed by atoms with E-state index in [1.54, 1.807) is 6.07 Å². The van der Waals surface area contributed by atoms with E-state index in [0.717, 1.165) is 25.7 Å². The molecule has 1 heterocycles. The van der Waals surface area contributed by atoms with Gasteiger partial charge in [0.1, 0.15) is 6.10 Å². The van der Waals surface area contributed by atoms with E-state index in [1.807, 2.05) is 0 Å². The van der Waals surface area contributed by atoms with Crippen LogP contribution >= 0.6 is 0 Å². The van der Waals surface area contributed by atoms with Crippen LogP contribution in [0, 0.1) is 5.82 Å². The molecular weight excluding hydrogens is 195 g/mol. The minimum Gasteiger partial charge on any atom is -0.471 e. The fraction of sp³-hybridized carbons (Fsp3) is 0.545. The normalized spacial score (nSPS) is 26.3. The summed E-state index contributed by atoms with van der Waals surface area (Å²) in [4.78, 5) is 3.85. The number of rotatable bonds is 2. The van der Waals surface area contributed by atoms with Gasteiger partial charge in [0.2, 0.25) is 0 Å². The van der Waals surface area contributed by atoms with E-state index in [0.29, 0.717) is 0 Å². The first-order valence-electron chi connectivity index (χ1n) is 5.30. The maximum atomic E-state index is 13.2. The molecule has 0 amide bonds. The van der Waals surface area contributed by atoms with Crippen molar-refractivity contribution in [1.82, 2.24) is 4.98 Å². The predicted molar refractivity (Wildman–Crippen MR) is 55.1 cm³/mol. The molecule has 2 rings (SSSR count). The van der Waals surface area contributed by atoms with Crippen LogP contribution in [-0.4, -0.2) is 17.1 Å². The van der Waals surface area contributed by atoms with Gasteiger partial charge >= 0.3 is 0 Å². The van der Waals surface area contributed by atoms with E-state index >= 15 is 0 Å². The largest absolute Gasteiger partial charge is 0.471 e. The molecule has 1 fully saturated rings. The molecule has 3 nitrogen and oxygen atoms in total. The van der Waals surface area contributed by atoms with Crippen LogP contribution in [0.2, 0.25) is 0 Å². The molecular formula is C11H15FN2O. The lowest BCUT2D eigenvalue weighted by Crippen LogP contribution is -2.41. The van der Waals surface area contributed by atoms with Crippen molar-refractivity contribution in [2.45, 2.75) is 37.8 Å². The van der Waals surface area contributed by atoms with Gasteiger partial charge in [-0.05, 0) is 31.4 Å². The molecule has 0 aromatic carbocycles. The molecule has 0 bridgehead atoms. The molecule has 1 aliphatic carbocycles. The summed E-state index contributed by atoms with van der Waals surface area (Å²) in [5.41, 5.74) is 5.90. The Balaban J connectivity index is 2.04. The second kappa shape index (κ2) is 4.57. The molecule has 1 aliphatic rings. The summed E-state index contributed by atoms with van der Waals surface area (Å²) in [7, 11) is 0. The van der Waals surface area contributed by atoms with Gasteiger partial charge in [0.15, 0.2) is 5.82 Å². The monoisotopic (exact) mass is 210 g/mol. The van der Waals surface area contributed by atoms with Crippen molar-refractivity contribution >= 4 is 0 Å². The van der Waals surface area contributed by atoms with Crippen molar-refractivity contribution in [2.75, 3.05) is 0 Å². The third kappa shape index (κ3) is 2.45. The minimum atomic E-state index is -0.421. The van der Waals surface area contributed by atoms with Crippen molar-refractivity contribution < 1.29 is 9.13 Å². The molecule has 2 N–H and O–H groups in total. The standard InChI is InChI=1S/C11H15FN2O/c12-8-4-3-7-14-11(8)15-10-6-2-1-5-9(10)13/h3-4,7,9-10H,1-2,5-6,13H2. The first-order chi connectivity index (χ1) is 7.27. The van der Waals surface area contributed by atoms with Crippen LogP contribution in [0.5, 0.6) is 5.88 Å². The van der Waals surface area contributed by atoms with Gasteiger partial charge < -0.3 is 10.5 Å². The summed E-state index contributed by atoms with van der Waals surface area (Å²) in [6.45, 7) is 0. The summed E-state index contributed by atoms with van der Waals surface area (Å²) in [6, 6.07) is 2.89. The number of nitrogens with two attached hydrogens (primary N) is 1. The van der Waals surface area contributed by atoms with Gasteiger partial charge in [0, 0.05) is 12.2 Å². The van der Waals surface area contributed by atoms with Crippen LogP contribution in [-0.2, 0) is 0 Å². The minimum absolute atomic E-state index is 0.000145. The average molecular weight is 210 g/mol. The summed E-state index contributed by atoms with van der Waals surface area (Å²) >= 11 is 0. The first kappa shape index (κ1) is 10.4. The number of halogens is 1. The lowest BCUT2D eigenvalue weighted by molar-refractivity contribution is 0.121. The maximum absolute atomic E-state index is 13.2. The molecule has 0 aliphatic heterocycles. The van der Waals surface area contributed by atoms with Crippen LogP contribution in [0.15, 0.2) is 18.3 Å². The summed E-state index contributed by atoms with van der Waals surface area (Å²) in [5, 5.41) is 0. The molecule has 15 heavy (non-hydrogen) atoms. The van der Waals surface area contributed by atoms with Gasteiger partial charge in [-0.1, -0.05) is 6.42 Å². The van der Waals surface area contributed by atoms with Crippen LogP contribution in [0.3, 0.4) is 0 Å². The average Bonchev–Trinajstić information content (AvgIpc) is 2.24. The van der Waals surface area contributed by atoms with Crippen LogP contribution in [0.4, 0.5) is 4.39 Å². The Morgan fingerprint density at radius 1 is 1.40 bits per heavy atom. The molecule has 0 saturated heterocycles. The molecule has 1 aromatic rings. The SMILES string of the molecule is NC1CCCCC1Oc1ncccc1F. The van der Waals surface area contributed by atoms with Crippen LogP contribution in [0.1, 0.15) is 25.7 Å². The van der Waals surface area contributed by atoms with Gasteiger partial charge in [-0.25, -0.2) is 9.37 Å². The van der Waals surface area contributed by atoms with Crippen molar-refractivity contribution in [1.29, 1.82) is 0 Å². The van der Waals surface area contributed by atoms with E-state index in [1.165, 1.54) is 12.3 Å². The lowest BCUT2D eigenvalue weighted by atomic mass is 9.93. The second-order valence-electron chi connectivity index (χ2n) is 3.89. The Kier molecular flexibility index (Phi) is 3.16. The zero-order valence-electron chi connectivity index (χ0n) is 8.53. The number of hydrogen-bond donors (Lipinski definition) is 1. The van der Waals surface area contributed by atoms with Crippen molar-refractivity contribution in [2.24, 2.45) is 5.73 Å². The van der Waals surface area contributed by atoms with Crippen LogP contribution in [0.25, 0.3) is 0 Å². The van der Waals surface area contributed by atoms with Crippen LogP contribution < -0.4 is 10.5 Å². The van der Waals surface area contributed by atoms with Gasteiger partial charge in [-0.3, -0.25) is 0 Å². The highest BCUT2D eigenvalue weighted by atomic mass is 19.1. The van der Waals surface area contributed by atoms with Gasteiger partial charge in [-0.15, -0.1) is 0 Å². The highest BCUT2D eigenvalue weighted by Gasteiger charge is 2.24. The van der Waals surface area contributed by atoms with Gasteiger partial charge in [-0.2, -0.15) is 0 Å². The Labute approximate surface area is 88.5 Å². The quantitative estimate of drug-likeness (QED) is 0.810. The third-order valence-electron chi connectivity index (χ3n) is 2.74. The zero-order valence-corrected chi connectivity index (χ0v) is 8.53. The second-order valence-corrected chi connectivity index (χ2v) is 3.89. The van der Waals surface area contributed by atoms with E-state index in [2.05, 4.69) is 4.98 Å². The summed E-state index contributed by atoms with van der Waals surface area (Å²) in [6.07, 6.45) is 5.48. The Morgan fingerprint density at radius 3 is 2.93 bits per heavy atom. The third-order valence-corrected chi connectivity index (χ3v) is 2.74. The number of pyridine rings is 1. The summed E-state index contributed by atoms with van der Waals surface area (Å²) < 4.78 is 18.7. The predicted octanol–water partition coefficient (Wildman–Crippen LogP) is 1.87. The highest BCUT2D eigenvalue weighted by molar-refractivity contribution is 5.13. The Bertz CT molecular complexity index is 332. The maximum Gasteiger partial charge on any atom is 0.250 e. The van der Waals surface area contributed by atoms with Gasteiger partial charge in [0.05, 0.1) is 0 Å². The zero-order chi connectivity index (χ0) is 10.7. The molecule has 2 unspecified atom stereocenters. The molecule has 1 aromatic heterocycles. The highest BCUT2D eigenvalue weighted by Crippen LogP contribution is 2.22. The first-order valence-corrected chi connectivity index (χ1v) is 5.30. The van der Waals surface area contributed by atoms with Crippen molar-refractivity contribution in [3.63, 3.8) is 0 Å². The number of hydrogen-bond acceptors (Lipinski definition) is 3. The van der Waals surface area contributed by atoms with Gasteiger partial charge in [0.25, 0.3) is 5.88 Å². The van der Waals surface area contributed by atoms with E-state index in [-0.39, 0.29) is 18.0 Å². The number of aromatic nitrogens is 1. The lowest BCUT2D eigenvalue weighted by Gasteiger charge is -2.28. The number of ether oxygens (including phenoxy) is 1. The van der Waals surface area contributed by atoms with E-state index < -0.39 is 5.82 Å². The number of nitrogens with zero attached hydrogens (tertiary/aromatic N) is 1. The van der Waals surface area contributed by atoms with E-state index in [4.69, 9.17) is 10.5 Å². The molecule has 4 heteroatoms. The van der Waals surface area contributed by atoms with E-state index in [9.17, 15) is 4.39 Å². The molecule has 0 spiro atoms. The van der Waals surface area contributed by atoms with Crippen molar-refractivity contribution in [3.8, 4) is 5.88 Å². The summed E-state index contributed by atoms with van der Waals surface area (Å²) in [5.74, 6) is -0.352. The molecule has 1 saturated carbocycles. The molecule has 82 valence electrons. The Hall–Kier alpha value is -1.16. The van der Waals surface area contributed by atoms with Crippen molar-refractivity contribution in [3.05, 3.63) is 24.1 Å². The fourth-order valence-electron chi connectivity index (χ4n) is 1.87. The molecule has 0 radical (unpaired) electrons.